The van der Waals surface area contributed by atoms with E-state index >= 15 is 0 Å². The number of anilines is 3. The Kier molecular flexibility index (Phi) is 5.73. The summed E-state index contributed by atoms with van der Waals surface area (Å²) in [6.07, 6.45) is 1.38. The lowest BCUT2D eigenvalue weighted by molar-refractivity contribution is -0.383. The van der Waals surface area contributed by atoms with Crippen molar-refractivity contribution in [1.29, 1.82) is 0 Å². The molecular formula is C21H25N7O2. The lowest BCUT2D eigenvalue weighted by atomic mass is 10.1. The molecular weight excluding hydrogens is 382 g/mol. The normalized spacial score (nSPS) is 15.3. The van der Waals surface area contributed by atoms with E-state index in [2.05, 4.69) is 27.3 Å². The van der Waals surface area contributed by atoms with Crippen molar-refractivity contribution < 1.29 is 4.92 Å². The Hall–Kier alpha value is -3.30. The second kappa shape index (κ2) is 8.60. The van der Waals surface area contributed by atoms with E-state index in [-0.39, 0.29) is 17.3 Å². The molecule has 9 heteroatoms. The number of nitro groups is 1. The van der Waals surface area contributed by atoms with Gasteiger partial charge in [-0.1, -0.05) is 36.4 Å². The Morgan fingerprint density at radius 2 is 1.83 bits per heavy atom. The average Bonchev–Trinajstić information content (AvgIpc) is 2.76. The van der Waals surface area contributed by atoms with Crippen molar-refractivity contribution in [2.45, 2.75) is 6.92 Å². The molecule has 0 spiro atoms. The number of rotatable bonds is 6. The molecule has 0 saturated carbocycles. The average molecular weight is 407 g/mol. The molecule has 3 aromatic rings. The van der Waals surface area contributed by atoms with Gasteiger partial charge in [-0.15, -0.1) is 0 Å². The summed E-state index contributed by atoms with van der Waals surface area (Å²) >= 11 is 0. The third kappa shape index (κ3) is 3.89. The van der Waals surface area contributed by atoms with Gasteiger partial charge in [0.05, 0.1) is 10.6 Å². The van der Waals surface area contributed by atoms with E-state index in [4.69, 9.17) is 0 Å². The maximum absolute atomic E-state index is 12.1. The molecule has 1 aliphatic heterocycles. The zero-order valence-corrected chi connectivity index (χ0v) is 17.2. The third-order valence-corrected chi connectivity index (χ3v) is 5.38. The number of hydrazine groups is 1. The van der Waals surface area contributed by atoms with E-state index in [0.29, 0.717) is 6.54 Å². The molecule has 1 aromatic heterocycles. The van der Waals surface area contributed by atoms with Gasteiger partial charge in [0.2, 0.25) is 11.6 Å². The highest BCUT2D eigenvalue weighted by Gasteiger charge is 2.29. The summed E-state index contributed by atoms with van der Waals surface area (Å²) in [7, 11) is 2.06. The molecule has 4 rings (SSSR count). The Morgan fingerprint density at radius 3 is 2.57 bits per heavy atom. The molecule has 9 nitrogen and oxygen atoms in total. The fourth-order valence-electron chi connectivity index (χ4n) is 3.76. The molecule has 2 aromatic carbocycles. The summed E-state index contributed by atoms with van der Waals surface area (Å²) in [6.45, 7) is 5.77. The standard InChI is InChI=1S/C21H25N7O2/c1-3-27(18-10-6-8-16-7-4-5-9-17(16)18)21-19(28(29)30)20(22-15-23-21)24-26-13-11-25(2)12-14-26/h4-10,15H,3,11-14H2,1-2H3,(H,22,23,24). The minimum Gasteiger partial charge on any atom is -0.320 e. The highest BCUT2D eigenvalue weighted by atomic mass is 16.6. The van der Waals surface area contributed by atoms with E-state index in [0.717, 1.165) is 42.6 Å². The second-order valence-corrected chi connectivity index (χ2v) is 7.30. The number of fused-ring (bicyclic) bond motifs is 1. The zero-order valence-electron chi connectivity index (χ0n) is 17.2. The van der Waals surface area contributed by atoms with Gasteiger partial charge in [0.15, 0.2) is 0 Å². The van der Waals surface area contributed by atoms with Crippen molar-refractivity contribution in [2.24, 2.45) is 0 Å². The number of nitrogens with zero attached hydrogens (tertiary/aromatic N) is 6. The lowest BCUT2D eigenvalue weighted by Crippen LogP contribution is -2.47. The Bertz CT molecular complexity index is 1050. The van der Waals surface area contributed by atoms with Crippen molar-refractivity contribution in [3.8, 4) is 0 Å². The van der Waals surface area contributed by atoms with Crippen molar-refractivity contribution >= 4 is 33.8 Å². The molecule has 2 heterocycles. The van der Waals surface area contributed by atoms with Gasteiger partial charge < -0.3 is 9.80 Å². The second-order valence-electron chi connectivity index (χ2n) is 7.30. The summed E-state index contributed by atoms with van der Waals surface area (Å²) < 4.78 is 0. The van der Waals surface area contributed by atoms with Gasteiger partial charge in [-0.25, -0.2) is 15.0 Å². The summed E-state index contributed by atoms with van der Waals surface area (Å²) in [6, 6.07) is 13.9. The van der Waals surface area contributed by atoms with Gasteiger partial charge in [-0.2, -0.15) is 0 Å². The predicted octanol–water partition coefficient (Wildman–Crippen LogP) is 3.27. The monoisotopic (exact) mass is 407 g/mol. The third-order valence-electron chi connectivity index (χ3n) is 5.38. The van der Waals surface area contributed by atoms with Crippen molar-refractivity contribution in [2.75, 3.05) is 50.1 Å². The molecule has 1 fully saturated rings. The number of likely N-dealkylation sites (N-methyl/N-ethyl adjacent to an activating group) is 1. The molecule has 1 saturated heterocycles. The molecule has 0 unspecified atom stereocenters. The zero-order chi connectivity index (χ0) is 21.1. The van der Waals surface area contributed by atoms with Gasteiger partial charge >= 0.3 is 5.69 Å². The summed E-state index contributed by atoms with van der Waals surface area (Å²) in [5, 5.41) is 16.1. The molecule has 0 bridgehead atoms. The number of benzene rings is 2. The highest BCUT2D eigenvalue weighted by molar-refractivity contribution is 5.96. The van der Waals surface area contributed by atoms with Gasteiger partial charge in [-0.3, -0.25) is 15.5 Å². The quantitative estimate of drug-likeness (QED) is 0.492. The smallest absolute Gasteiger partial charge is 0.320 e. The molecule has 0 amide bonds. The maximum Gasteiger partial charge on any atom is 0.355 e. The number of nitrogens with one attached hydrogen (secondary N) is 1. The Labute approximate surface area is 175 Å². The van der Waals surface area contributed by atoms with Crippen LogP contribution in [0.2, 0.25) is 0 Å². The van der Waals surface area contributed by atoms with Crippen LogP contribution in [0.3, 0.4) is 0 Å². The van der Waals surface area contributed by atoms with Crippen LogP contribution in [0.1, 0.15) is 6.92 Å². The molecule has 0 atom stereocenters. The van der Waals surface area contributed by atoms with Crippen LogP contribution in [0.5, 0.6) is 0 Å². The summed E-state index contributed by atoms with van der Waals surface area (Å²) in [5.41, 5.74) is 3.91. The number of piperazine rings is 1. The van der Waals surface area contributed by atoms with Crippen LogP contribution in [0, 0.1) is 10.1 Å². The predicted molar refractivity (Wildman–Crippen MR) is 118 cm³/mol. The minimum atomic E-state index is -0.401. The number of hydrogen-bond acceptors (Lipinski definition) is 8. The van der Waals surface area contributed by atoms with Gasteiger partial charge in [-0.05, 0) is 25.4 Å². The van der Waals surface area contributed by atoms with Crippen LogP contribution in [0.4, 0.5) is 23.0 Å². The Balaban J connectivity index is 1.76. The topological polar surface area (TPSA) is 90.7 Å². The lowest BCUT2D eigenvalue weighted by Gasteiger charge is -2.32. The van der Waals surface area contributed by atoms with Crippen LogP contribution in [0.15, 0.2) is 48.8 Å². The van der Waals surface area contributed by atoms with Crippen molar-refractivity contribution in [3.05, 3.63) is 58.9 Å². The van der Waals surface area contributed by atoms with Crippen LogP contribution in [-0.2, 0) is 0 Å². The fraction of sp³-hybridized carbons (Fsp3) is 0.333. The van der Waals surface area contributed by atoms with Crippen molar-refractivity contribution in [1.82, 2.24) is 19.9 Å². The highest BCUT2D eigenvalue weighted by Crippen LogP contribution is 2.38. The first-order valence-electron chi connectivity index (χ1n) is 10.0. The van der Waals surface area contributed by atoms with Crippen molar-refractivity contribution in [3.63, 3.8) is 0 Å². The van der Waals surface area contributed by atoms with Gasteiger partial charge in [0.1, 0.15) is 6.33 Å². The van der Waals surface area contributed by atoms with Crippen LogP contribution in [-0.4, -0.2) is 64.6 Å². The fourth-order valence-corrected chi connectivity index (χ4v) is 3.76. The van der Waals surface area contributed by atoms with E-state index in [1.807, 2.05) is 59.3 Å². The van der Waals surface area contributed by atoms with E-state index in [1.54, 1.807) is 0 Å². The molecule has 0 radical (unpaired) electrons. The Morgan fingerprint density at radius 1 is 1.10 bits per heavy atom. The van der Waals surface area contributed by atoms with Crippen LogP contribution >= 0.6 is 0 Å². The molecule has 1 aliphatic rings. The largest absolute Gasteiger partial charge is 0.355 e. The number of aromatic nitrogens is 2. The SMILES string of the molecule is CCN(c1ncnc(NN2CCN(C)CC2)c1[N+](=O)[O-])c1cccc2ccccc12. The van der Waals surface area contributed by atoms with E-state index < -0.39 is 4.92 Å². The first-order chi connectivity index (χ1) is 14.6. The van der Waals surface area contributed by atoms with E-state index in [1.165, 1.54) is 6.33 Å². The first kappa shape index (κ1) is 20.0. The maximum atomic E-state index is 12.1. The first-order valence-corrected chi connectivity index (χ1v) is 10.0. The molecule has 156 valence electrons. The van der Waals surface area contributed by atoms with Crippen LogP contribution < -0.4 is 10.3 Å². The summed E-state index contributed by atoms with van der Waals surface area (Å²) in [5.74, 6) is 0.499. The molecule has 30 heavy (non-hydrogen) atoms. The van der Waals surface area contributed by atoms with Gasteiger partial charge in [0, 0.05) is 38.1 Å². The number of hydrogen-bond donors (Lipinski definition) is 1. The van der Waals surface area contributed by atoms with Gasteiger partial charge in [0.25, 0.3) is 0 Å². The molecule has 0 aliphatic carbocycles. The molecule has 1 N–H and O–H groups in total. The minimum absolute atomic E-state index is 0.119. The van der Waals surface area contributed by atoms with E-state index in [9.17, 15) is 10.1 Å². The van der Waals surface area contributed by atoms with Crippen LogP contribution in [0.25, 0.3) is 10.8 Å². The summed E-state index contributed by atoms with van der Waals surface area (Å²) in [4.78, 5) is 24.3.